The SMILES string of the molecule is COc1ccc(C2(CN3CCC(NC(=O)CCn4nccc4C)CC3)CCCCC2)cc1. The lowest BCUT2D eigenvalue weighted by Gasteiger charge is -2.44. The Morgan fingerprint density at radius 2 is 1.84 bits per heavy atom. The topological polar surface area (TPSA) is 59.4 Å². The van der Waals surface area contributed by atoms with Gasteiger partial charge >= 0.3 is 0 Å². The molecule has 1 aliphatic carbocycles. The number of nitrogens with zero attached hydrogens (tertiary/aromatic N) is 3. The fourth-order valence-electron chi connectivity index (χ4n) is 5.51. The summed E-state index contributed by atoms with van der Waals surface area (Å²) in [5.41, 5.74) is 2.81. The van der Waals surface area contributed by atoms with E-state index in [0.717, 1.165) is 43.9 Å². The molecular formula is C26H38N4O2. The van der Waals surface area contributed by atoms with E-state index < -0.39 is 0 Å². The van der Waals surface area contributed by atoms with E-state index in [4.69, 9.17) is 4.74 Å². The van der Waals surface area contributed by atoms with Crippen molar-refractivity contribution < 1.29 is 9.53 Å². The van der Waals surface area contributed by atoms with E-state index in [1.807, 2.05) is 17.7 Å². The fraction of sp³-hybridized carbons (Fsp3) is 0.615. The molecule has 174 valence electrons. The molecule has 6 heteroatoms. The number of benzene rings is 1. The smallest absolute Gasteiger partial charge is 0.222 e. The number of hydrogen-bond donors (Lipinski definition) is 1. The molecule has 32 heavy (non-hydrogen) atoms. The first-order valence-electron chi connectivity index (χ1n) is 12.2. The molecule has 2 fully saturated rings. The Hall–Kier alpha value is -2.34. The van der Waals surface area contributed by atoms with Gasteiger partial charge in [-0.25, -0.2) is 0 Å². The van der Waals surface area contributed by atoms with Crippen LogP contribution in [0.1, 0.15) is 62.6 Å². The highest BCUT2D eigenvalue weighted by atomic mass is 16.5. The zero-order valence-corrected chi connectivity index (χ0v) is 19.7. The predicted octanol–water partition coefficient (Wildman–Crippen LogP) is 4.07. The van der Waals surface area contributed by atoms with E-state index in [0.29, 0.717) is 19.0 Å². The van der Waals surface area contributed by atoms with Gasteiger partial charge in [0.25, 0.3) is 0 Å². The van der Waals surface area contributed by atoms with Gasteiger partial charge in [-0.1, -0.05) is 31.4 Å². The van der Waals surface area contributed by atoms with Crippen LogP contribution in [0, 0.1) is 6.92 Å². The molecule has 2 aromatic rings. The zero-order chi connectivity index (χ0) is 22.4. The van der Waals surface area contributed by atoms with E-state index in [2.05, 4.69) is 39.6 Å². The fourth-order valence-corrected chi connectivity index (χ4v) is 5.51. The molecule has 1 saturated heterocycles. The molecule has 1 aromatic carbocycles. The van der Waals surface area contributed by atoms with Crippen LogP contribution in [0.25, 0.3) is 0 Å². The molecule has 4 rings (SSSR count). The highest BCUT2D eigenvalue weighted by molar-refractivity contribution is 5.76. The van der Waals surface area contributed by atoms with Crippen molar-refractivity contribution in [2.45, 2.75) is 76.3 Å². The van der Waals surface area contributed by atoms with Crippen molar-refractivity contribution in [1.29, 1.82) is 0 Å². The number of nitrogens with one attached hydrogen (secondary N) is 1. The molecule has 1 aliphatic heterocycles. The summed E-state index contributed by atoms with van der Waals surface area (Å²) in [4.78, 5) is 15.1. The average Bonchev–Trinajstić information content (AvgIpc) is 3.24. The maximum Gasteiger partial charge on any atom is 0.222 e. The summed E-state index contributed by atoms with van der Waals surface area (Å²) < 4.78 is 7.27. The van der Waals surface area contributed by atoms with Crippen molar-refractivity contribution in [2.75, 3.05) is 26.7 Å². The summed E-state index contributed by atoms with van der Waals surface area (Å²) in [7, 11) is 1.73. The van der Waals surface area contributed by atoms with Crippen molar-refractivity contribution in [2.24, 2.45) is 0 Å². The molecule has 1 amide bonds. The number of likely N-dealkylation sites (tertiary alicyclic amines) is 1. The van der Waals surface area contributed by atoms with Crippen LogP contribution < -0.4 is 10.1 Å². The quantitative estimate of drug-likeness (QED) is 0.675. The predicted molar refractivity (Wildman–Crippen MR) is 127 cm³/mol. The van der Waals surface area contributed by atoms with E-state index in [-0.39, 0.29) is 11.3 Å². The van der Waals surface area contributed by atoms with E-state index in [1.165, 1.54) is 37.7 Å². The van der Waals surface area contributed by atoms with Gasteiger partial charge < -0.3 is 15.0 Å². The van der Waals surface area contributed by atoms with Gasteiger partial charge in [-0.2, -0.15) is 5.10 Å². The van der Waals surface area contributed by atoms with Crippen molar-refractivity contribution >= 4 is 5.91 Å². The van der Waals surface area contributed by atoms with Gasteiger partial charge in [0.15, 0.2) is 0 Å². The highest BCUT2D eigenvalue weighted by Crippen LogP contribution is 2.41. The van der Waals surface area contributed by atoms with Crippen LogP contribution >= 0.6 is 0 Å². The molecule has 0 unspecified atom stereocenters. The van der Waals surface area contributed by atoms with Crippen LogP contribution in [0.15, 0.2) is 36.5 Å². The summed E-state index contributed by atoms with van der Waals surface area (Å²) in [6.07, 6.45) is 10.9. The number of hydrogen-bond acceptors (Lipinski definition) is 4. The summed E-state index contributed by atoms with van der Waals surface area (Å²) >= 11 is 0. The van der Waals surface area contributed by atoms with E-state index >= 15 is 0 Å². The minimum atomic E-state index is 0.139. The Kier molecular flexibility index (Phi) is 7.51. The number of aromatic nitrogens is 2. The molecule has 0 bridgehead atoms. The maximum atomic E-state index is 12.4. The van der Waals surface area contributed by atoms with Gasteiger partial charge in [-0.05, 0) is 56.4 Å². The number of amides is 1. The van der Waals surface area contributed by atoms with Gasteiger partial charge in [0.05, 0.1) is 7.11 Å². The third-order valence-electron chi connectivity index (χ3n) is 7.47. The Labute approximate surface area is 192 Å². The lowest BCUT2D eigenvalue weighted by atomic mass is 9.69. The number of piperidine rings is 1. The average molecular weight is 439 g/mol. The molecule has 1 aromatic heterocycles. The lowest BCUT2D eigenvalue weighted by molar-refractivity contribution is -0.122. The second-order valence-corrected chi connectivity index (χ2v) is 9.63. The summed E-state index contributed by atoms with van der Waals surface area (Å²) in [5, 5.41) is 7.52. The van der Waals surface area contributed by atoms with Gasteiger partial charge in [-0.15, -0.1) is 0 Å². The number of ether oxygens (including phenoxy) is 1. The number of carbonyl (C=O) groups is 1. The van der Waals surface area contributed by atoms with E-state index in [1.54, 1.807) is 13.3 Å². The standard InChI is InChI=1S/C26H38N4O2/c1-21-10-16-27-30(21)19-13-25(31)28-23-11-17-29(18-12-23)20-26(14-4-3-5-15-26)22-6-8-24(32-2)9-7-22/h6-10,16,23H,3-5,11-15,17-20H2,1-2H3,(H,28,31). The van der Waals surface area contributed by atoms with Crippen molar-refractivity contribution in [3.05, 3.63) is 47.8 Å². The molecule has 2 heterocycles. The van der Waals surface area contributed by atoms with Gasteiger partial charge in [0.1, 0.15) is 5.75 Å². The van der Waals surface area contributed by atoms with E-state index in [9.17, 15) is 4.79 Å². The van der Waals surface area contributed by atoms with Crippen LogP contribution in [0.3, 0.4) is 0 Å². The maximum absolute atomic E-state index is 12.4. The zero-order valence-electron chi connectivity index (χ0n) is 19.7. The first-order valence-corrected chi connectivity index (χ1v) is 12.2. The van der Waals surface area contributed by atoms with Gasteiger partial charge in [0, 0.05) is 55.9 Å². The van der Waals surface area contributed by atoms with Crippen LogP contribution in [-0.4, -0.2) is 53.4 Å². The monoisotopic (exact) mass is 438 g/mol. The molecule has 6 nitrogen and oxygen atoms in total. The first kappa shape index (κ1) is 22.8. The second kappa shape index (κ2) is 10.5. The third-order valence-corrected chi connectivity index (χ3v) is 7.47. The Morgan fingerprint density at radius 1 is 1.12 bits per heavy atom. The summed E-state index contributed by atoms with van der Waals surface area (Å²) in [6.45, 7) is 5.90. The summed E-state index contributed by atoms with van der Waals surface area (Å²) in [6, 6.07) is 11.0. The Balaban J connectivity index is 1.28. The van der Waals surface area contributed by atoms with Crippen LogP contribution in [0.5, 0.6) is 5.75 Å². The molecule has 1 saturated carbocycles. The lowest BCUT2D eigenvalue weighted by Crippen LogP contribution is -2.49. The molecular weight excluding hydrogens is 400 g/mol. The number of aryl methyl sites for hydroxylation is 2. The molecule has 1 N–H and O–H groups in total. The highest BCUT2D eigenvalue weighted by Gasteiger charge is 2.36. The third kappa shape index (κ3) is 5.52. The van der Waals surface area contributed by atoms with Crippen molar-refractivity contribution in [3.63, 3.8) is 0 Å². The summed E-state index contributed by atoms with van der Waals surface area (Å²) in [5.74, 6) is 1.07. The first-order chi connectivity index (χ1) is 15.6. The minimum Gasteiger partial charge on any atom is -0.497 e. The van der Waals surface area contributed by atoms with Gasteiger partial charge in [0.2, 0.25) is 5.91 Å². The van der Waals surface area contributed by atoms with Crippen molar-refractivity contribution in [1.82, 2.24) is 20.0 Å². The van der Waals surface area contributed by atoms with Gasteiger partial charge in [-0.3, -0.25) is 9.48 Å². The molecule has 2 aliphatic rings. The van der Waals surface area contributed by atoms with Crippen molar-refractivity contribution in [3.8, 4) is 5.75 Å². The van der Waals surface area contributed by atoms with Crippen LogP contribution in [0.2, 0.25) is 0 Å². The number of rotatable bonds is 8. The number of carbonyl (C=O) groups excluding carboxylic acids is 1. The molecule has 0 radical (unpaired) electrons. The largest absolute Gasteiger partial charge is 0.497 e. The molecule has 0 spiro atoms. The second-order valence-electron chi connectivity index (χ2n) is 9.63. The minimum absolute atomic E-state index is 0.139. The Bertz CT molecular complexity index is 862. The molecule has 0 atom stereocenters. The normalized spacial score (nSPS) is 19.6. The van der Waals surface area contributed by atoms with Crippen LogP contribution in [0.4, 0.5) is 0 Å². The number of methoxy groups -OCH3 is 1. The Morgan fingerprint density at radius 3 is 2.47 bits per heavy atom. The van der Waals surface area contributed by atoms with Crippen LogP contribution in [-0.2, 0) is 16.8 Å².